The number of carboxylic acid groups (broad SMARTS) is 1. The first kappa shape index (κ1) is 15.5. The van der Waals surface area contributed by atoms with E-state index in [2.05, 4.69) is 11.4 Å². The lowest BCUT2D eigenvalue weighted by atomic mass is 10.1. The molecule has 1 unspecified atom stereocenters. The summed E-state index contributed by atoms with van der Waals surface area (Å²) in [5.41, 5.74) is 1.01. The molecule has 0 bridgehead atoms. The van der Waals surface area contributed by atoms with Gasteiger partial charge in [-0.25, -0.2) is 4.79 Å². The van der Waals surface area contributed by atoms with Gasteiger partial charge in [-0.1, -0.05) is 18.2 Å². The van der Waals surface area contributed by atoms with E-state index in [0.717, 1.165) is 0 Å². The van der Waals surface area contributed by atoms with Crippen LogP contribution in [0.1, 0.15) is 12.5 Å². The number of carboxylic acids is 1. The van der Waals surface area contributed by atoms with Crippen molar-refractivity contribution in [2.24, 2.45) is 5.92 Å². The van der Waals surface area contributed by atoms with Crippen LogP contribution in [0.5, 0.6) is 0 Å². The van der Waals surface area contributed by atoms with Crippen LogP contribution in [0.25, 0.3) is 0 Å². The molecule has 1 aromatic carbocycles. The molecule has 0 radical (unpaired) electrons. The van der Waals surface area contributed by atoms with Crippen LogP contribution in [0, 0.1) is 17.2 Å². The molecule has 2 amide bonds. The van der Waals surface area contributed by atoms with Crippen LogP contribution >= 0.6 is 0 Å². The number of carbonyl (C=O) groups excluding carboxylic acids is 1. The Kier molecular flexibility index (Phi) is 5.54. The summed E-state index contributed by atoms with van der Waals surface area (Å²) in [6, 6.07) is 8.43. The zero-order valence-electron chi connectivity index (χ0n) is 11.5. The molecule has 1 aromatic rings. The Hall–Kier alpha value is -2.55. The smallest absolute Gasteiger partial charge is 0.321 e. The molecule has 6 nitrogen and oxygen atoms in total. The van der Waals surface area contributed by atoms with Crippen LogP contribution in [0.15, 0.2) is 24.3 Å². The van der Waals surface area contributed by atoms with E-state index in [1.54, 1.807) is 38.2 Å². The van der Waals surface area contributed by atoms with E-state index in [0.29, 0.717) is 17.8 Å². The summed E-state index contributed by atoms with van der Waals surface area (Å²) in [5.74, 6) is -1.22. The maximum Gasteiger partial charge on any atom is 0.321 e. The Bertz CT molecular complexity index is 537. The van der Waals surface area contributed by atoms with Gasteiger partial charge in [-0.3, -0.25) is 4.79 Å². The Morgan fingerprint density at radius 1 is 1.45 bits per heavy atom. The molecular formula is C14H17N3O3. The number of carbonyl (C=O) groups is 2. The molecule has 0 saturated carbocycles. The predicted octanol–water partition coefficient (Wildman–Crippen LogP) is 1.94. The summed E-state index contributed by atoms with van der Waals surface area (Å²) in [7, 11) is 1.59. The standard InChI is InChI=1S/C14H17N3O3/c1-10(8-15)9-17(2)14(20)16-12-6-4-3-5-11(12)7-13(18)19/h3-6,10H,7,9H2,1-2H3,(H,16,20)(H,18,19). The molecular weight excluding hydrogens is 258 g/mol. The van der Waals surface area contributed by atoms with E-state index in [-0.39, 0.29) is 18.4 Å². The van der Waals surface area contributed by atoms with Crippen molar-refractivity contribution in [3.05, 3.63) is 29.8 Å². The zero-order valence-corrected chi connectivity index (χ0v) is 11.5. The van der Waals surface area contributed by atoms with Gasteiger partial charge in [-0.05, 0) is 18.6 Å². The number of nitriles is 1. The van der Waals surface area contributed by atoms with Crippen LogP contribution in [0.3, 0.4) is 0 Å². The summed E-state index contributed by atoms with van der Waals surface area (Å²) < 4.78 is 0. The highest BCUT2D eigenvalue weighted by molar-refractivity contribution is 5.90. The molecule has 0 heterocycles. The average molecular weight is 275 g/mol. The number of nitrogens with zero attached hydrogens (tertiary/aromatic N) is 2. The molecule has 2 N–H and O–H groups in total. The first-order valence-corrected chi connectivity index (χ1v) is 6.15. The van der Waals surface area contributed by atoms with Gasteiger partial charge in [0.05, 0.1) is 18.4 Å². The summed E-state index contributed by atoms with van der Waals surface area (Å²) in [6.45, 7) is 2.03. The quantitative estimate of drug-likeness (QED) is 0.858. The van der Waals surface area contributed by atoms with Crippen molar-refractivity contribution in [3.8, 4) is 6.07 Å². The fraction of sp³-hybridized carbons (Fsp3) is 0.357. The molecule has 6 heteroatoms. The number of amides is 2. The number of hydrogen-bond acceptors (Lipinski definition) is 3. The topological polar surface area (TPSA) is 93.4 Å². The van der Waals surface area contributed by atoms with Crippen molar-refractivity contribution in [2.75, 3.05) is 18.9 Å². The first-order valence-electron chi connectivity index (χ1n) is 6.15. The number of benzene rings is 1. The Morgan fingerprint density at radius 3 is 2.70 bits per heavy atom. The second-order valence-corrected chi connectivity index (χ2v) is 4.57. The molecule has 0 fully saturated rings. The van der Waals surface area contributed by atoms with Crippen LogP contribution < -0.4 is 5.32 Å². The highest BCUT2D eigenvalue weighted by Crippen LogP contribution is 2.16. The summed E-state index contributed by atoms with van der Waals surface area (Å²) >= 11 is 0. The lowest BCUT2D eigenvalue weighted by Crippen LogP contribution is -2.34. The minimum atomic E-state index is -0.960. The number of aliphatic carboxylic acids is 1. The van der Waals surface area contributed by atoms with Gasteiger partial charge in [-0.2, -0.15) is 5.26 Å². The van der Waals surface area contributed by atoms with Gasteiger partial charge in [0.1, 0.15) is 0 Å². The van der Waals surface area contributed by atoms with Gasteiger partial charge in [-0.15, -0.1) is 0 Å². The van der Waals surface area contributed by atoms with Gasteiger partial charge >= 0.3 is 12.0 Å². The van der Waals surface area contributed by atoms with Crippen LogP contribution in [-0.2, 0) is 11.2 Å². The monoisotopic (exact) mass is 275 g/mol. The van der Waals surface area contributed by atoms with Crippen molar-refractivity contribution in [3.63, 3.8) is 0 Å². The summed E-state index contributed by atoms with van der Waals surface area (Å²) in [6.07, 6.45) is -0.158. The highest BCUT2D eigenvalue weighted by Gasteiger charge is 2.14. The third kappa shape index (κ3) is 4.61. The number of urea groups is 1. The van der Waals surface area contributed by atoms with E-state index in [1.165, 1.54) is 4.90 Å². The molecule has 0 aliphatic rings. The molecule has 0 saturated heterocycles. The molecule has 0 aromatic heterocycles. The van der Waals surface area contributed by atoms with E-state index >= 15 is 0 Å². The normalized spacial score (nSPS) is 11.2. The second kappa shape index (κ2) is 7.14. The Labute approximate surface area is 117 Å². The fourth-order valence-electron chi connectivity index (χ4n) is 1.70. The number of anilines is 1. The van der Waals surface area contributed by atoms with Gasteiger partial charge in [0, 0.05) is 19.3 Å². The van der Waals surface area contributed by atoms with Crippen molar-refractivity contribution in [1.29, 1.82) is 5.26 Å². The second-order valence-electron chi connectivity index (χ2n) is 4.57. The largest absolute Gasteiger partial charge is 0.481 e. The Morgan fingerprint density at radius 2 is 2.10 bits per heavy atom. The zero-order chi connectivity index (χ0) is 15.1. The third-order valence-corrected chi connectivity index (χ3v) is 2.72. The van der Waals surface area contributed by atoms with E-state index in [4.69, 9.17) is 10.4 Å². The van der Waals surface area contributed by atoms with Crippen LogP contribution in [0.2, 0.25) is 0 Å². The van der Waals surface area contributed by atoms with E-state index < -0.39 is 5.97 Å². The predicted molar refractivity (Wildman–Crippen MR) is 74.2 cm³/mol. The molecule has 0 spiro atoms. The van der Waals surface area contributed by atoms with Crippen LogP contribution in [-0.4, -0.2) is 35.6 Å². The lowest BCUT2D eigenvalue weighted by Gasteiger charge is -2.20. The van der Waals surface area contributed by atoms with Gasteiger partial charge in [0.15, 0.2) is 0 Å². The third-order valence-electron chi connectivity index (χ3n) is 2.72. The number of nitrogens with one attached hydrogen (secondary N) is 1. The minimum Gasteiger partial charge on any atom is -0.481 e. The summed E-state index contributed by atoms with van der Waals surface area (Å²) in [4.78, 5) is 24.1. The number of hydrogen-bond donors (Lipinski definition) is 2. The molecule has 1 rings (SSSR count). The molecule has 0 aliphatic carbocycles. The van der Waals surface area contributed by atoms with Crippen molar-refractivity contribution in [2.45, 2.75) is 13.3 Å². The molecule has 20 heavy (non-hydrogen) atoms. The molecule has 1 atom stereocenters. The highest BCUT2D eigenvalue weighted by atomic mass is 16.4. The van der Waals surface area contributed by atoms with Crippen LogP contribution in [0.4, 0.5) is 10.5 Å². The summed E-state index contributed by atoms with van der Waals surface area (Å²) in [5, 5.41) is 20.2. The molecule has 0 aliphatic heterocycles. The maximum absolute atomic E-state index is 12.0. The minimum absolute atomic E-state index is 0.158. The van der Waals surface area contributed by atoms with Gasteiger partial charge in [0.2, 0.25) is 0 Å². The molecule has 106 valence electrons. The van der Waals surface area contributed by atoms with Crippen molar-refractivity contribution < 1.29 is 14.7 Å². The first-order chi connectivity index (χ1) is 9.43. The fourth-order valence-corrected chi connectivity index (χ4v) is 1.70. The van der Waals surface area contributed by atoms with Gasteiger partial charge in [0.25, 0.3) is 0 Å². The maximum atomic E-state index is 12.0. The van der Waals surface area contributed by atoms with E-state index in [1.807, 2.05) is 0 Å². The number of rotatable bonds is 5. The average Bonchev–Trinajstić information content (AvgIpc) is 2.40. The SMILES string of the molecule is CC(C#N)CN(C)C(=O)Nc1ccccc1CC(=O)O. The Balaban J connectivity index is 2.75. The lowest BCUT2D eigenvalue weighted by molar-refractivity contribution is -0.136. The number of para-hydroxylation sites is 1. The van der Waals surface area contributed by atoms with E-state index in [9.17, 15) is 9.59 Å². The van der Waals surface area contributed by atoms with Crippen molar-refractivity contribution >= 4 is 17.7 Å². The van der Waals surface area contributed by atoms with Crippen molar-refractivity contribution in [1.82, 2.24) is 4.90 Å². The van der Waals surface area contributed by atoms with Gasteiger partial charge < -0.3 is 15.3 Å².